The monoisotopic (exact) mass is 404 g/mol. The van der Waals surface area contributed by atoms with Crippen molar-refractivity contribution in [1.82, 2.24) is 0 Å². The molecule has 0 aliphatic rings. The highest BCUT2D eigenvalue weighted by molar-refractivity contribution is 6.12. The standard InChI is InChI=1S/2C7H6O2.C6H8O5/c2*8-7(9)6-4-2-1-3-5-6;1-2-11-3-4(5(7)8)6(9)10/h2*1-5H,(H,8,9);3H,2H2,1H3,(H,7,8)(H,9,10). The normalized spacial score (nSPS) is 8.72. The number of carboxylic acid groups (broad SMARTS) is 4. The Morgan fingerprint density at radius 1 is 0.724 bits per heavy atom. The van der Waals surface area contributed by atoms with E-state index in [2.05, 4.69) is 4.74 Å². The van der Waals surface area contributed by atoms with Crippen molar-refractivity contribution in [2.75, 3.05) is 6.61 Å². The molecule has 0 aliphatic carbocycles. The Hall–Kier alpha value is -4.14. The molecule has 2 aromatic carbocycles. The molecule has 0 unspecified atom stereocenters. The van der Waals surface area contributed by atoms with Crippen molar-refractivity contribution in [3.05, 3.63) is 83.6 Å². The number of hydrogen-bond acceptors (Lipinski definition) is 5. The van der Waals surface area contributed by atoms with Gasteiger partial charge in [0.05, 0.1) is 17.7 Å². The Bertz CT molecular complexity index is 762. The molecule has 0 aromatic heterocycles. The fraction of sp³-hybridized carbons (Fsp3) is 0.100. The molecule has 0 fully saturated rings. The molecule has 0 spiro atoms. The van der Waals surface area contributed by atoms with Gasteiger partial charge < -0.3 is 25.2 Å². The average molecular weight is 404 g/mol. The molecule has 0 amide bonds. The van der Waals surface area contributed by atoms with Crippen LogP contribution in [-0.2, 0) is 14.3 Å². The van der Waals surface area contributed by atoms with Crippen LogP contribution in [0.15, 0.2) is 72.5 Å². The predicted octanol–water partition coefficient (Wildman–Crippen LogP) is 2.85. The minimum atomic E-state index is -1.51. The van der Waals surface area contributed by atoms with Gasteiger partial charge in [-0.15, -0.1) is 0 Å². The van der Waals surface area contributed by atoms with E-state index in [1.54, 1.807) is 67.6 Å². The first-order valence-corrected chi connectivity index (χ1v) is 8.05. The lowest BCUT2D eigenvalue weighted by Crippen LogP contribution is -2.11. The van der Waals surface area contributed by atoms with Crippen LogP contribution in [0, 0.1) is 0 Å². The SMILES string of the molecule is CCOC=C(C(=O)O)C(=O)O.O=C(O)c1ccccc1.O=C(O)c1ccccc1. The number of aliphatic carboxylic acids is 2. The molecular formula is C20H20O9. The molecule has 0 heterocycles. The topological polar surface area (TPSA) is 158 Å². The lowest BCUT2D eigenvalue weighted by atomic mass is 10.2. The van der Waals surface area contributed by atoms with Gasteiger partial charge >= 0.3 is 23.9 Å². The predicted molar refractivity (Wildman–Crippen MR) is 102 cm³/mol. The number of benzene rings is 2. The second kappa shape index (κ2) is 14.0. The number of hydrogen-bond donors (Lipinski definition) is 4. The summed E-state index contributed by atoms with van der Waals surface area (Å²) in [5.41, 5.74) is -0.109. The maximum Gasteiger partial charge on any atom is 0.346 e. The maximum atomic E-state index is 10.2. The first-order chi connectivity index (χ1) is 13.7. The van der Waals surface area contributed by atoms with Crippen molar-refractivity contribution in [2.45, 2.75) is 6.92 Å². The summed E-state index contributed by atoms with van der Waals surface area (Å²) in [7, 11) is 0. The minimum Gasteiger partial charge on any atom is -0.500 e. The molecular weight excluding hydrogens is 384 g/mol. The zero-order valence-corrected chi connectivity index (χ0v) is 15.4. The van der Waals surface area contributed by atoms with Gasteiger partial charge in [0, 0.05) is 0 Å². The molecule has 0 atom stereocenters. The van der Waals surface area contributed by atoms with Gasteiger partial charge in [-0.05, 0) is 31.2 Å². The van der Waals surface area contributed by atoms with Gasteiger partial charge in [0.2, 0.25) is 0 Å². The Kier molecular flexibility index (Phi) is 12.0. The van der Waals surface area contributed by atoms with E-state index in [-0.39, 0.29) is 6.61 Å². The van der Waals surface area contributed by atoms with Gasteiger partial charge in [-0.3, -0.25) is 0 Å². The molecule has 9 nitrogen and oxygen atoms in total. The van der Waals surface area contributed by atoms with Crippen LogP contribution < -0.4 is 0 Å². The lowest BCUT2D eigenvalue weighted by molar-refractivity contribution is -0.140. The van der Waals surface area contributed by atoms with Crippen molar-refractivity contribution < 1.29 is 44.3 Å². The molecule has 0 saturated heterocycles. The van der Waals surface area contributed by atoms with Gasteiger partial charge in [0.25, 0.3) is 0 Å². The van der Waals surface area contributed by atoms with E-state index in [1.165, 1.54) is 0 Å². The smallest absolute Gasteiger partial charge is 0.346 e. The van der Waals surface area contributed by atoms with Crippen LogP contribution >= 0.6 is 0 Å². The van der Waals surface area contributed by atoms with Crippen molar-refractivity contribution in [3.8, 4) is 0 Å². The fourth-order valence-electron chi connectivity index (χ4n) is 1.52. The molecule has 0 bridgehead atoms. The van der Waals surface area contributed by atoms with Crippen LogP contribution in [0.5, 0.6) is 0 Å². The average Bonchev–Trinajstić information content (AvgIpc) is 2.70. The summed E-state index contributed by atoms with van der Waals surface area (Å²) in [4.78, 5) is 40.6. The van der Waals surface area contributed by atoms with Gasteiger partial charge in [-0.2, -0.15) is 0 Å². The zero-order valence-electron chi connectivity index (χ0n) is 15.4. The first kappa shape index (κ1) is 24.9. The van der Waals surface area contributed by atoms with Crippen LogP contribution in [0.4, 0.5) is 0 Å². The highest BCUT2D eigenvalue weighted by atomic mass is 16.5. The van der Waals surface area contributed by atoms with E-state index in [4.69, 9.17) is 20.4 Å². The van der Waals surface area contributed by atoms with E-state index < -0.39 is 29.5 Å². The van der Waals surface area contributed by atoms with Gasteiger partial charge in [-0.25, -0.2) is 19.2 Å². The van der Waals surface area contributed by atoms with E-state index in [0.717, 1.165) is 0 Å². The summed E-state index contributed by atoms with van der Waals surface area (Å²) in [6, 6.07) is 16.6. The molecule has 0 aliphatic heterocycles. The molecule has 2 rings (SSSR count). The Balaban J connectivity index is 0.000000408. The third kappa shape index (κ3) is 11.2. The number of carboxylic acids is 4. The van der Waals surface area contributed by atoms with Gasteiger partial charge in [-0.1, -0.05) is 36.4 Å². The van der Waals surface area contributed by atoms with Crippen molar-refractivity contribution >= 4 is 23.9 Å². The Morgan fingerprint density at radius 3 is 1.28 bits per heavy atom. The zero-order chi connectivity index (χ0) is 22.2. The van der Waals surface area contributed by atoms with Crippen molar-refractivity contribution in [2.24, 2.45) is 0 Å². The van der Waals surface area contributed by atoms with Crippen LogP contribution in [0.2, 0.25) is 0 Å². The summed E-state index contributed by atoms with van der Waals surface area (Å²) < 4.78 is 4.49. The Morgan fingerprint density at radius 2 is 1.07 bits per heavy atom. The summed E-state index contributed by atoms with van der Waals surface area (Å²) in [6.45, 7) is 1.86. The summed E-state index contributed by atoms with van der Waals surface area (Å²) in [5, 5.41) is 33.3. The highest BCUT2D eigenvalue weighted by Gasteiger charge is 2.15. The second-order valence-corrected chi connectivity index (χ2v) is 4.94. The third-order valence-electron chi connectivity index (χ3n) is 2.87. The molecule has 0 radical (unpaired) electrons. The lowest BCUT2D eigenvalue weighted by Gasteiger charge is -1.95. The minimum absolute atomic E-state index is 0.240. The number of carbonyl (C=O) groups is 4. The van der Waals surface area contributed by atoms with E-state index in [9.17, 15) is 19.2 Å². The number of rotatable bonds is 6. The van der Waals surface area contributed by atoms with E-state index in [1.807, 2.05) is 0 Å². The first-order valence-electron chi connectivity index (χ1n) is 8.05. The highest BCUT2D eigenvalue weighted by Crippen LogP contribution is 1.97. The molecule has 0 saturated carbocycles. The molecule has 4 N–H and O–H groups in total. The summed E-state index contributed by atoms with van der Waals surface area (Å²) >= 11 is 0. The molecule has 154 valence electrons. The molecule has 29 heavy (non-hydrogen) atoms. The maximum absolute atomic E-state index is 10.2. The van der Waals surface area contributed by atoms with Gasteiger partial charge in [0.15, 0.2) is 5.57 Å². The second-order valence-electron chi connectivity index (χ2n) is 4.94. The van der Waals surface area contributed by atoms with Gasteiger partial charge in [0.1, 0.15) is 6.26 Å². The largest absolute Gasteiger partial charge is 0.500 e. The van der Waals surface area contributed by atoms with Crippen LogP contribution in [0.25, 0.3) is 0 Å². The van der Waals surface area contributed by atoms with Crippen LogP contribution in [-0.4, -0.2) is 50.9 Å². The van der Waals surface area contributed by atoms with Crippen LogP contribution in [0.3, 0.4) is 0 Å². The number of ether oxygens (including phenoxy) is 1. The molecule has 2 aromatic rings. The van der Waals surface area contributed by atoms with E-state index >= 15 is 0 Å². The third-order valence-corrected chi connectivity index (χ3v) is 2.87. The Labute approximate surface area is 166 Å². The number of aromatic carboxylic acids is 2. The summed E-state index contributed by atoms with van der Waals surface area (Å²) in [6.07, 6.45) is 0.713. The summed E-state index contributed by atoms with van der Waals surface area (Å²) in [5.74, 6) is -4.77. The van der Waals surface area contributed by atoms with E-state index in [0.29, 0.717) is 17.4 Å². The van der Waals surface area contributed by atoms with Crippen molar-refractivity contribution in [3.63, 3.8) is 0 Å². The quantitative estimate of drug-likeness (QED) is 0.246. The molecule has 9 heteroatoms. The van der Waals surface area contributed by atoms with Crippen molar-refractivity contribution in [1.29, 1.82) is 0 Å². The fourth-order valence-corrected chi connectivity index (χ4v) is 1.52. The van der Waals surface area contributed by atoms with Crippen LogP contribution in [0.1, 0.15) is 27.6 Å².